The number of benzene rings is 1. The number of anilines is 1. The van der Waals surface area contributed by atoms with E-state index in [1.807, 2.05) is 6.92 Å². The topological polar surface area (TPSA) is 81.6 Å². The van der Waals surface area contributed by atoms with Crippen LogP contribution in [0.2, 0.25) is 10.0 Å². The van der Waals surface area contributed by atoms with Crippen LogP contribution in [0.1, 0.15) is 12.5 Å². The molecule has 1 aromatic heterocycles. The molecule has 5 nitrogen and oxygen atoms in total. The molecule has 1 heterocycles. The zero-order chi connectivity index (χ0) is 19.6. The monoisotopic (exact) mass is 427 g/mol. The van der Waals surface area contributed by atoms with Crippen molar-refractivity contribution in [3.05, 3.63) is 38.5 Å². The predicted molar refractivity (Wildman–Crippen MR) is 97.5 cm³/mol. The van der Waals surface area contributed by atoms with E-state index < -0.39 is 22.5 Å². The third kappa shape index (κ3) is 4.06. The van der Waals surface area contributed by atoms with Gasteiger partial charge >= 0.3 is 6.18 Å². The van der Waals surface area contributed by atoms with E-state index in [1.165, 1.54) is 12.5 Å². The molecule has 0 bridgehead atoms. The minimum atomic E-state index is -4.63. The molecule has 0 aliphatic carbocycles. The molecule has 0 aliphatic rings. The van der Waals surface area contributed by atoms with Gasteiger partial charge in [0.2, 0.25) is 5.88 Å². The fourth-order valence-electron chi connectivity index (χ4n) is 2.36. The summed E-state index contributed by atoms with van der Waals surface area (Å²) in [6.45, 7) is 2.31. The average molecular weight is 428 g/mol. The van der Waals surface area contributed by atoms with Crippen molar-refractivity contribution in [1.29, 1.82) is 5.53 Å². The molecule has 142 valence electrons. The van der Waals surface area contributed by atoms with E-state index >= 15 is 0 Å². The standard InChI is InChI=1S/C15H14Cl2F3N3O2S/c1-3-22-10-6-25-14(23-21)12(13(10)26(2)24)11-8(16)4-7(5-9(11)17)15(18,19)20/h4-6,21-22,24H,3H2,1-2H3. The first-order chi connectivity index (χ1) is 12.1. The molecule has 11 heteroatoms. The van der Waals surface area contributed by atoms with Gasteiger partial charge in [-0.1, -0.05) is 34.0 Å². The van der Waals surface area contributed by atoms with Crippen LogP contribution in [0.4, 0.5) is 24.7 Å². The van der Waals surface area contributed by atoms with Crippen molar-refractivity contribution in [2.45, 2.75) is 13.1 Å². The minimum Gasteiger partial charge on any atom is -0.443 e. The van der Waals surface area contributed by atoms with Gasteiger partial charge in [0.25, 0.3) is 0 Å². The van der Waals surface area contributed by atoms with Gasteiger partial charge in [0, 0.05) is 18.4 Å². The second-order valence-electron chi connectivity index (χ2n) is 5.09. The molecule has 1 atom stereocenters. The normalized spacial score (nSPS) is 13.5. The van der Waals surface area contributed by atoms with Crippen LogP contribution >= 0.6 is 34.0 Å². The van der Waals surface area contributed by atoms with Gasteiger partial charge in [-0.25, -0.2) is 5.53 Å². The average Bonchev–Trinajstić information content (AvgIpc) is 2.53. The van der Waals surface area contributed by atoms with Crippen LogP contribution in [-0.2, 0) is 6.18 Å². The third-order valence-corrected chi connectivity index (χ3v) is 4.97. The summed E-state index contributed by atoms with van der Waals surface area (Å²) in [5, 5.41) is 5.63. The summed E-state index contributed by atoms with van der Waals surface area (Å²) in [7, 11) is -1.36. The Bertz CT molecular complexity index is 902. The first-order valence-corrected chi connectivity index (χ1v) is 9.48. The summed E-state index contributed by atoms with van der Waals surface area (Å²) >= 11 is 12.2. The third-order valence-electron chi connectivity index (χ3n) is 3.36. The van der Waals surface area contributed by atoms with Gasteiger partial charge in [0.15, 0.2) is 0 Å². The van der Waals surface area contributed by atoms with Crippen molar-refractivity contribution >= 4 is 45.5 Å². The van der Waals surface area contributed by atoms with E-state index in [1.54, 1.807) is 0 Å². The molecular weight excluding hydrogens is 414 g/mol. The highest BCUT2D eigenvalue weighted by Crippen LogP contribution is 2.46. The molecule has 2 aromatic rings. The van der Waals surface area contributed by atoms with Crippen molar-refractivity contribution in [1.82, 2.24) is 0 Å². The van der Waals surface area contributed by atoms with Crippen LogP contribution in [0.15, 0.2) is 27.9 Å². The summed E-state index contributed by atoms with van der Waals surface area (Å²) in [4.78, 5) is 0. The van der Waals surface area contributed by atoms with Crippen LogP contribution in [-0.4, -0.2) is 17.4 Å². The van der Waals surface area contributed by atoms with Gasteiger partial charge in [0.05, 0.1) is 31.4 Å². The molecule has 26 heavy (non-hydrogen) atoms. The summed E-state index contributed by atoms with van der Waals surface area (Å²) < 4.78 is 54.7. The van der Waals surface area contributed by atoms with Gasteiger partial charge in [-0.2, -0.15) is 13.2 Å². The highest BCUT2D eigenvalue weighted by molar-refractivity contribution is 8.03. The molecule has 1 aromatic carbocycles. The number of alkyl halides is 3. The lowest BCUT2D eigenvalue weighted by Gasteiger charge is -2.16. The Morgan fingerprint density at radius 3 is 2.27 bits per heavy atom. The lowest BCUT2D eigenvalue weighted by Crippen LogP contribution is -2.05. The minimum absolute atomic E-state index is 0.000707. The molecule has 0 aliphatic heterocycles. The zero-order valence-electron chi connectivity index (χ0n) is 13.5. The van der Waals surface area contributed by atoms with E-state index in [-0.39, 0.29) is 31.6 Å². The summed E-state index contributed by atoms with van der Waals surface area (Å²) in [6, 6.07) is 1.46. The molecule has 0 saturated heterocycles. The second kappa shape index (κ2) is 7.99. The van der Waals surface area contributed by atoms with Gasteiger partial charge < -0.3 is 14.3 Å². The van der Waals surface area contributed by atoms with Gasteiger partial charge in [-0.3, -0.25) is 0 Å². The maximum absolute atomic E-state index is 13.0. The Morgan fingerprint density at radius 1 is 1.27 bits per heavy atom. The van der Waals surface area contributed by atoms with E-state index in [4.69, 9.17) is 33.2 Å². The number of rotatable bonds is 4. The van der Waals surface area contributed by atoms with E-state index in [0.29, 0.717) is 12.2 Å². The summed E-state index contributed by atoms with van der Waals surface area (Å²) in [5.41, 5.74) is 6.74. The second-order valence-corrected chi connectivity index (χ2v) is 7.27. The fraction of sp³-hybridized carbons (Fsp3) is 0.267. The van der Waals surface area contributed by atoms with E-state index in [0.717, 1.165) is 12.1 Å². The number of hydrogen-bond donors (Lipinski definition) is 3. The lowest BCUT2D eigenvalue weighted by molar-refractivity contribution is -0.137. The zero-order valence-corrected chi connectivity index (χ0v) is 15.9. The SMILES string of the molecule is CCNc1coc(N=N)c(-c2c(Cl)cc(C(F)(F)F)cc2Cl)c1=S(C)O. The molecule has 1 unspecified atom stereocenters. The number of halogens is 5. The Morgan fingerprint density at radius 2 is 1.85 bits per heavy atom. The first-order valence-electron chi connectivity index (χ1n) is 7.13. The molecule has 0 amide bonds. The van der Waals surface area contributed by atoms with Gasteiger partial charge in [0.1, 0.15) is 6.26 Å². The Labute approximate surface area is 159 Å². The highest BCUT2D eigenvalue weighted by Gasteiger charge is 2.33. The van der Waals surface area contributed by atoms with Crippen molar-refractivity contribution in [2.75, 3.05) is 18.1 Å². The molecule has 0 radical (unpaired) electrons. The number of hydrogen-bond acceptors (Lipinski definition) is 5. The largest absolute Gasteiger partial charge is 0.443 e. The van der Waals surface area contributed by atoms with Gasteiger partial charge in [-0.05, 0) is 19.1 Å². The Kier molecular flexibility index (Phi) is 6.38. The first kappa shape index (κ1) is 20.8. The maximum Gasteiger partial charge on any atom is 0.416 e. The van der Waals surface area contributed by atoms with Crippen molar-refractivity contribution in [3.63, 3.8) is 0 Å². The fourth-order valence-corrected chi connectivity index (χ4v) is 3.96. The van der Waals surface area contributed by atoms with E-state index in [2.05, 4.69) is 10.4 Å². The van der Waals surface area contributed by atoms with Crippen LogP contribution in [0.3, 0.4) is 0 Å². The van der Waals surface area contributed by atoms with Crippen LogP contribution in [0.5, 0.6) is 0 Å². The Balaban J connectivity index is 2.95. The number of nitrogens with zero attached hydrogens (tertiary/aromatic N) is 1. The molecule has 0 spiro atoms. The molecule has 0 fully saturated rings. The van der Waals surface area contributed by atoms with Crippen molar-refractivity contribution in [2.24, 2.45) is 5.11 Å². The smallest absolute Gasteiger partial charge is 0.416 e. The van der Waals surface area contributed by atoms with Gasteiger partial charge in [-0.15, -0.1) is 5.11 Å². The molecule has 3 N–H and O–H groups in total. The summed E-state index contributed by atoms with van der Waals surface area (Å²) in [6.07, 6.45) is -1.88. The predicted octanol–water partition coefficient (Wildman–Crippen LogP) is 7.27. The van der Waals surface area contributed by atoms with Crippen LogP contribution < -0.4 is 5.32 Å². The van der Waals surface area contributed by atoms with Crippen molar-refractivity contribution < 1.29 is 22.1 Å². The van der Waals surface area contributed by atoms with Crippen LogP contribution in [0.25, 0.3) is 11.1 Å². The van der Waals surface area contributed by atoms with Crippen molar-refractivity contribution in [3.8, 4) is 11.1 Å². The lowest BCUT2D eigenvalue weighted by atomic mass is 10.0. The maximum atomic E-state index is 13.0. The molecule has 2 rings (SSSR count). The number of nitrogens with one attached hydrogen (secondary N) is 2. The molecular formula is C15H14Cl2F3N3O2S. The summed E-state index contributed by atoms with van der Waals surface area (Å²) in [5.74, 6) is -0.237. The molecule has 0 saturated carbocycles. The van der Waals surface area contributed by atoms with Crippen LogP contribution in [0, 0.1) is 10.0 Å². The van der Waals surface area contributed by atoms with E-state index in [9.17, 15) is 17.7 Å². The highest BCUT2D eigenvalue weighted by atomic mass is 35.5. The quantitative estimate of drug-likeness (QED) is 0.354. The Hall–Kier alpha value is -1.55.